The Morgan fingerprint density at radius 1 is 0.625 bits per heavy atom. The maximum atomic E-state index is 12.0. The van der Waals surface area contributed by atoms with Crippen LogP contribution in [-0.2, 0) is 4.79 Å². The Hall–Kier alpha value is -2.52. The number of ketones is 1. The lowest BCUT2D eigenvalue weighted by molar-refractivity contribution is -0.124. The predicted octanol–water partition coefficient (Wildman–Crippen LogP) is 1.29. The van der Waals surface area contributed by atoms with Crippen molar-refractivity contribution in [3.63, 3.8) is 0 Å². The van der Waals surface area contributed by atoms with Crippen molar-refractivity contribution in [1.82, 2.24) is 5.32 Å². The molecule has 12 nitrogen and oxygen atoms in total. The summed E-state index contributed by atoms with van der Waals surface area (Å²) in [6, 6.07) is 8.81. The fourth-order valence-electron chi connectivity index (χ4n) is 5.14. The molecule has 0 bridgehead atoms. The highest BCUT2D eigenvalue weighted by Crippen LogP contribution is 2.15. The number of aliphatic hydroxyl groups excluding tert-OH is 9. The first-order valence-corrected chi connectivity index (χ1v) is 17.0. The summed E-state index contributed by atoms with van der Waals surface area (Å²) in [5.41, 5.74) is 0.561. The predicted molar refractivity (Wildman–Crippen MR) is 182 cm³/mol. The Morgan fingerprint density at radius 2 is 1.08 bits per heavy atom. The summed E-state index contributed by atoms with van der Waals surface area (Å²) in [6.45, 7) is 3.86. The van der Waals surface area contributed by atoms with Gasteiger partial charge in [-0.15, -0.1) is 0 Å². The molecule has 0 aliphatic carbocycles. The van der Waals surface area contributed by atoms with Crippen LogP contribution < -0.4 is 5.32 Å². The minimum atomic E-state index is -1.05. The molecule has 10 N–H and O–H groups in total. The van der Waals surface area contributed by atoms with Gasteiger partial charge in [0.05, 0.1) is 54.9 Å². The number of Topliss-reactive ketones (excluding diaryl/α,β-unsaturated/α-hetero) is 1. The molecule has 1 aromatic carbocycles. The topological polar surface area (TPSA) is 228 Å². The van der Waals surface area contributed by atoms with Crippen LogP contribution in [0.4, 0.5) is 0 Å². The maximum Gasteiger partial charge on any atom is 0.251 e. The van der Waals surface area contributed by atoms with Crippen LogP contribution >= 0.6 is 0 Å². The van der Waals surface area contributed by atoms with Crippen LogP contribution in [0.1, 0.15) is 94.8 Å². The highest BCUT2D eigenvalue weighted by atomic mass is 16.3. The minimum absolute atomic E-state index is 0.0443. The molecule has 9 unspecified atom stereocenters. The van der Waals surface area contributed by atoms with Gasteiger partial charge in [0.2, 0.25) is 0 Å². The van der Waals surface area contributed by atoms with Crippen LogP contribution in [0.25, 0.3) is 0 Å². The van der Waals surface area contributed by atoms with Crippen molar-refractivity contribution < 1.29 is 55.5 Å². The normalized spacial score (nSPS) is 17.9. The van der Waals surface area contributed by atoms with Gasteiger partial charge in [0.25, 0.3) is 5.91 Å². The molecule has 0 spiro atoms. The molecule has 0 saturated heterocycles. The Kier molecular flexibility index (Phi) is 22.3. The van der Waals surface area contributed by atoms with Crippen LogP contribution in [0.2, 0.25) is 0 Å². The molecule has 1 amide bonds. The van der Waals surface area contributed by atoms with Gasteiger partial charge in [-0.1, -0.05) is 56.4 Å². The summed E-state index contributed by atoms with van der Waals surface area (Å²) in [4.78, 5) is 23.7. The quantitative estimate of drug-likeness (QED) is 0.0495. The van der Waals surface area contributed by atoms with Gasteiger partial charge in [-0.25, -0.2) is 0 Å². The lowest BCUT2D eigenvalue weighted by Crippen LogP contribution is -2.26. The van der Waals surface area contributed by atoms with Gasteiger partial charge in [-0.2, -0.15) is 0 Å². The lowest BCUT2D eigenvalue weighted by atomic mass is 9.97. The Bertz CT molecular complexity index is 1070. The molecule has 9 atom stereocenters. The lowest BCUT2D eigenvalue weighted by Gasteiger charge is -2.19. The summed E-state index contributed by atoms with van der Waals surface area (Å²) < 4.78 is 0. The molecule has 274 valence electrons. The van der Waals surface area contributed by atoms with Gasteiger partial charge in [-0.3, -0.25) is 9.59 Å². The highest BCUT2D eigenvalue weighted by Gasteiger charge is 2.20. The second-order valence-corrected chi connectivity index (χ2v) is 13.0. The van der Waals surface area contributed by atoms with Crippen LogP contribution in [0.5, 0.6) is 0 Å². The summed E-state index contributed by atoms with van der Waals surface area (Å²) in [7, 11) is 0. The molecule has 1 aromatic rings. The summed E-state index contributed by atoms with van der Waals surface area (Å²) in [5, 5.41) is 94.2. The molecule has 0 aromatic heterocycles. The second kappa shape index (κ2) is 24.6. The summed E-state index contributed by atoms with van der Waals surface area (Å²) >= 11 is 0. The van der Waals surface area contributed by atoms with E-state index in [0.717, 1.165) is 0 Å². The van der Waals surface area contributed by atoms with E-state index in [2.05, 4.69) is 5.32 Å². The molecule has 0 saturated carbocycles. The third kappa shape index (κ3) is 21.5. The van der Waals surface area contributed by atoms with Gasteiger partial charge in [0, 0.05) is 37.3 Å². The van der Waals surface area contributed by atoms with Crippen molar-refractivity contribution in [3.8, 4) is 0 Å². The number of rotatable bonds is 26. The largest absolute Gasteiger partial charge is 0.393 e. The first kappa shape index (κ1) is 43.5. The average molecular weight is 682 g/mol. The van der Waals surface area contributed by atoms with Crippen molar-refractivity contribution in [1.29, 1.82) is 0 Å². The highest BCUT2D eigenvalue weighted by molar-refractivity contribution is 5.94. The van der Waals surface area contributed by atoms with Gasteiger partial charge in [0.1, 0.15) is 5.78 Å². The minimum Gasteiger partial charge on any atom is -0.393 e. The number of carbonyl (C=O) groups excluding carboxylic acids is 2. The molecule has 1 rings (SSSR count). The van der Waals surface area contributed by atoms with E-state index < -0.39 is 54.9 Å². The Morgan fingerprint density at radius 3 is 1.60 bits per heavy atom. The fraction of sp³-hybridized carbons (Fsp3) is 0.667. The monoisotopic (exact) mass is 681 g/mol. The van der Waals surface area contributed by atoms with Crippen molar-refractivity contribution in [2.45, 2.75) is 139 Å². The van der Waals surface area contributed by atoms with Crippen LogP contribution in [0.15, 0.2) is 54.6 Å². The van der Waals surface area contributed by atoms with Gasteiger partial charge in [0.15, 0.2) is 0 Å². The zero-order valence-corrected chi connectivity index (χ0v) is 28.3. The van der Waals surface area contributed by atoms with E-state index in [1.165, 1.54) is 18.2 Å². The number of nitrogens with one attached hydrogen (secondary N) is 1. The molecule has 0 aliphatic heterocycles. The number of hydrogen-bond donors (Lipinski definition) is 10. The third-order valence-electron chi connectivity index (χ3n) is 7.85. The van der Waals surface area contributed by atoms with Crippen LogP contribution in [0, 0.1) is 5.92 Å². The van der Waals surface area contributed by atoms with Crippen LogP contribution in [-0.4, -0.2) is 119 Å². The number of hydrogen-bond acceptors (Lipinski definition) is 11. The molecule has 0 aliphatic rings. The zero-order chi connectivity index (χ0) is 36.1. The van der Waals surface area contributed by atoms with E-state index in [1.807, 2.05) is 6.07 Å². The summed E-state index contributed by atoms with van der Waals surface area (Å²) in [5.74, 6) is -0.504. The van der Waals surface area contributed by atoms with Crippen molar-refractivity contribution in [2.75, 3.05) is 6.54 Å². The molecule has 48 heavy (non-hydrogen) atoms. The summed E-state index contributed by atoms with van der Waals surface area (Å²) in [6.07, 6.45) is -1.78. The van der Waals surface area contributed by atoms with E-state index in [1.54, 1.807) is 44.2 Å². The smallest absolute Gasteiger partial charge is 0.251 e. The van der Waals surface area contributed by atoms with E-state index in [-0.39, 0.29) is 75.4 Å². The molecule has 0 fully saturated rings. The van der Waals surface area contributed by atoms with E-state index in [9.17, 15) is 55.5 Å². The molecular weight excluding hydrogens is 622 g/mol. The molecule has 12 heteroatoms. The standard InChI is InChI=1S/C36H59NO11/c1-24(2)35(47)23-34(46)22-33(45)20-29(41)14-7-13-28(40)19-32(44)21-31(43)18-27(39)12-6-11-26(38)17-30(42)15-8-16-37-36(48)25-9-4-3-5-10-25/h3-7,9-10,12,14,24,26-34,38-46H,8,11,13,15-23H2,1-2H3,(H,37,48)/b12-6+,14-7+. The first-order valence-electron chi connectivity index (χ1n) is 17.0. The van der Waals surface area contributed by atoms with Gasteiger partial charge >= 0.3 is 0 Å². The maximum absolute atomic E-state index is 12.0. The zero-order valence-electron chi connectivity index (χ0n) is 28.3. The van der Waals surface area contributed by atoms with Crippen molar-refractivity contribution in [3.05, 3.63) is 60.2 Å². The van der Waals surface area contributed by atoms with Crippen LogP contribution in [0.3, 0.4) is 0 Å². The number of benzene rings is 1. The molecule has 0 heterocycles. The Balaban J connectivity index is 2.22. The van der Waals surface area contributed by atoms with Gasteiger partial charge < -0.3 is 51.3 Å². The fourth-order valence-corrected chi connectivity index (χ4v) is 5.14. The van der Waals surface area contributed by atoms with E-state index >= 15 is 0 Å². The molecule has 0 radical (unpaired) electrons. The third-order valence-corrected chi connectivity index (χ3v) is 7.85. The van der Waals surface area contributed by atoms with E-state index in [4.69, 9.17) is 0 Å². The number of amides is 1. The van der Waals surface area contributed by atoms with Gasteiger partial charge in [-0.05, 0) is 63.5 Å². The Labute approximate surface area is 284 Å². The van der Waals surface area contributed by atoms with Crippen molar-refractivity contribution in [2.24, 2.45) is 5.92 Å². The second-order valence-electron chi connectivity index (χ2n) is 13.0. The first-order chi connectivity index (χ1) is 22.7. The van der Waals surface area contributed by atoms with Crippen molar-refractivity contribution >= 4 is 11.7 Å². The van der Waals surface area contributed by atoms with E-state index in [0.29, 0.717) is 24.9 Å². The number of carbonyl (C=O) groups is 2. The molecular formula is C36H59NO11. The average Bonchev–Trinajstić information content (AvgIpc) is 2.98. The SMILES string of the molecule is CC(C)C(=O)CC(O)CC(O)CC(O)/C=C/CC(O)CC(O)CC(O)CC(O)/C=C/CC(O)CC(O)CCCNC(=O)c1ccccc1. The number of aliphatic hydroxyl groups is 9.